The quantitative estimate of drug-likeness (QED) is 0.444. The Morgan fingerprint density at radius 1 is 1.32 bits per heavy atom. The van der Waals surface area contributed by atoms with Gasteiger partial charge in [-0.1, -0.05) is 6.92 Å². The van der Waals surface area contributed by atoms with Gasteiger partial charge < -0.3 is 30.3 Å². The van der Waals surface area contributed by atoms with Gasteiger partial charge in [-0.05, 0) is 70.7 Å². The number of nitrogens with one attached hydrogen (secondary N) is 1. The molecular weight excluding hydrogens is 501 g/mol. The van der Waals surface area contributed by atoms with Crippen molar-refractivity contribution in [1.82, 2.24) is 10.2 Å². The molecule has 214 valence electrons. The SMILES string of the molecule is CCC(CNC)N(C(=O)c1cc2c(cc1C(F)(F)F)CC(COC1CCCCO1)C(=O)N2CCN)C(C)C. The maximum absolute atomic E-state index is 14.4. The summed E-state index contributed by atoms with van der Waals surface area (Å²) in [7, 11) is 1.74. The molecule has 3 atom stereocenters. The lowest BCUT2D eigenvalue weighted by Gasteiger charge is -2.38. The third-order valence-corrected chi connectivity index (χ3v) is 7.20. The van der Waals surface area contributed by atoms with Crippen LogP contribution in [0, 0.1) is 5.92 Å². The van der Waals surface area contributed by atoms with Gasteiger partial charge >= 0.3 is 6.18 Å². The Morgan fingerprint density at radius 2 is 2.05 bits per heavy atom. The first kappa shape index (κ1) is 30.3. The maximum atomic E-state index is 14.4. The number of amides is 2. The minimum Gasteiger partial charge on any atom is -0.353 e. The van der Waals surface area contributed by atoms with Crippen LogP contribution in [0.4, 0.5) is 18.9 Å². The minimum absolute atomic E-state index is 0.0371. The van der Waals surface area contributed by atoms with Crippen molar-refractivity contribution in [1.29, 1.82) is 0 Å². The third kappa shape index (κ3) is 6.86. The number of benzene rings is 1. The Morgan fingerprint density at radius 3 is 2.61 bits per heavy atom. The molecular formula is C27H41F3N4O4. The number of ether oxygens (including phenoxy) is 2. The number of fused-ring (bicyclic) bond motifs is 1. The van der Waals surface area contributed by atoms with Gasteiger partial charge in [-0.2, -0.15) is 13.2 Å². The topological polar surface area (TPSA) is 97.1 Å². The van der Waals surface area contributed by atoms with Gasteiger partial charge in [-0.3, -0.25) is 9.59 Å². The number of hydrogen-bond acceptors (Lipinski definition) is 6. The molecule has 1 aromatic carbocycles. The van der Waals surface area contributed by atoms with E-state index in [-0.39, 0.29) is 44.1 Å². The summed E-state index contributed by atoms with van der Waals surface area (Å²) in [5.74, 6) is -1.66. The summed E-state index contributed by atoms with van der Waals surface area (Å²) in [5.41, 5.74) is 4.97. The van der Waals surface area contributed by atoms with Crippen LogP contribution in [0.15, 0.2) is 12.1 Å². The van der Waals surface area contributed by atoms with Crippen molar-refractivity contribution in [2.75, 3.05) is 44.8 Å². The van der Waals surface area contributed by atoms with E-state index in [1.807, 2.05) is 6.92 Å². The summed E-state index contributed by atoms with van der Waals surface area (Å²) in [6.07, 6.45) is -1.91. The Labute approximate surface area is 223 Å². The van der Waals surface area contributed by atoms with Crippen molar-refractivity contribution in [2.45, 2.75) is 77.4 Å². The highest BCUT2D eigenvalue weighted by Crippen LogP contribution is 2.40. The fourth-order valence-electron chi connectivity index (χ4n) is 5.34. The molecule has 3 unspecified atom stereocenters. The molecule has 0 saturated carbocycles. The predicted octanol–water partition coefficient (Wildman–Crippen LogP) is 3.56. The fraction of sp³-hybridized carbons (Fsp3) is 0.704. The summed E-state index contributed by atoms with van der Waals surface area (Å²) in [6, 6.07) is 1.63. The lowest BCUT2D eigenvalue weighted by molar-refractivity contribution is -0.171. The number of carbonyl (C=O) groups excluding carboxylic acids is 2. The van der Waals surface area contributed by atoms with Crippen LogP contribution in [0.2, 0.25) is 0 Å². The lowest BCUT2D eigenvalue weighted by atomic mass is 9.88. The van der Waals surface area contributed by atoms with E-state index in [0.717, 1.165) is 18.9 Å². The molecule has 11 heteroatoms. The van der Waals surface area contributed by atoms with Gasteiger partial charge in [-0.25, -0.2) is 0 Å². The van der Waals surface area contributed by atoms with E-state index in [1.54, 1.807) is 20.9 Å². The van der Waals surface area contributed by atoms with Gasteiger partial charge in [-0.15, -0.1) is 0 Å². The van der Waals surface area contributed by atoms with Crippen molar-refractivity contribution in [2.24, 2.45) is 11.7 Å². The Kier molecular flexibility index (Phi) is 10.6. The van der Waals surface area contributed by atoms with E-state index in [2.05, 4.69) is 5.32 Å². The summed E-state index contributed by atoms with van der Waals surface area (Å²) in [5, 5.41) is 3.02. The van der Waals surface area contributed by atoms with E-state index < -0.39 is 35.4 Å². The van der Waals surface area contributed by atoms with Crippen molar-refractivity contribution in [3.05, 3.63) is 28.8 Å². The first-order valence-electron chi connectivity index (χ1n) is 13.5. The van der Waals surface area contributed by atoms with Crippen molar-refractivity contribution >= 4 is 17.5 Å². The molecule has 3 N–H and O–H groups in total. The smallest absolute Gasteiger partial charge is 0.353 e. The molecule has 0 aliphatic carbocycles. The highest BCUT2D eigenvalue weighted by Gasteiger charge is 2.42. The molecule has 8 nitrogen and oxygen atoms in total. The van der Waals surface area contributed by atoms with Crippen molar-refractivity contribution in [3.63, 3.8) is 0 Å². The van der Waals surface area contributed by atoms with E-state index in [1.165, 1.54) is 15.9 Å². The average molecular weight is 543 g/mol. The van der Waals surface area contributed by atoms with Gasteiger partial charge in [0.25, 0.3) is 5.91 Å². The van der Waals surface area contributed by atoms with Crippen LogP contribution < -0.4 is 16.0 Å². The molecule has 0 spiro atoms. The number of nitrogens with zero attached hydrogens (tertiary/aromatic N) is 2. The summed E-state index contributed by atoms with van der Waals surface area (Å²) >= 11 is 0. The Hall–Kier alpha value is -2.21. The molecule has 1 fully saturated rings. The van der Waals surface area contributed by atoms with E-state index >= 15 is 0 Å². The largest absolute Gasteiger partial charge is 0.417 e. The number of halogens is 3. The molecule has 0 aromatic heterocycles. The molecule has 0 radical (unpaired) electrons. The van der Waals surface area contributed by atoms with E-state index in [4.69, 9.17) is 15.2 Å². The molecule has 2 heterocycles. The average Bonchev–Trinajstić information content (AvgIpc) is 2.88. The van der Waals surface area contributed by atoms with Gasteiger partial charge in [0.2, 0.25) is 5.91 Å². The number of alkyl halides is 3. The molecule has 38 heavy (non-hydrogen) atoms. The predicted molar refractivity (Wildman–Crippen MR) is 139 cm³/mol. The number of hydrogen-bond donors (Lipinski definition) is 2. The Balaban J connectivity index is 2.03. The molecule has 1 aromatic rings. The van der Waals surface area contributed by atoms with E-state index in [9.17, 15) is 22.8 Å². The number of carbonyl (C=O) groups is 2. The molecule has 0 bridgehead atoms. The summed E-state index contributed by atoms with van der Waals surface area (Å²) in [4.78, 5) is 30.0. The Bertz CT molecular complexity index is 966. The van der Waals surface area contributed by atoms with Crippen LogP contribution in [-0.4, -0.2) is 75.0 Å². The van der Waals surface area contributed by atoms with Crippen LogP contribution in [0.25, 0.3) is 0 Å². The zero-order valence-corrected chi connectivity index (χ0v) is 22.8. The van der Waals surface area contributed by atoms with Crippen LogP contribution in [0.1, 0.15) is 67.9 Å². The normalized spacial score (nSPS) is 21.0. The second-order valence-corrected chi connectivity index (χ2v) is 10.3. The highest BCUT2D eigenvalue weighted by molar-refractivity contribution is 6.02. The van der Waals surface area contributed by atoms with Crippen molar-refractivity contribution in [3.8, 4) is 0 Å². The zero-order valence-electron chi connectivity index (χ0n) is 22.8. The van der Waals surface area contributed by atoms with Crippen LogP contribution in [0.3, 0.4) is 0 Å². The first-order chi connectivity index (χ1) is 18.0. The van der Waals surface area contributed by atoms with Gasteiger partial charge in [0.1, 0.15) is 0 Å². The number of likely N-dealkylation sites (N-methyl/N-ethyl adjacent to an activating group) is 1. The molecule has 3 rings (SSSR count). The fourth-order valence-corrected chi connectivity index (χ4v) is 5.34. The highest BCUT2D eigenvalue weighted by atomic mass is 19.4. The lowest BCUT2D eigenvalue weighted by Crippen LogP contribution is -2.49. The van der Waals surface area contributed by atoms with E-state index in [0.29, 0.717) is 37.2 Å². The first-order valence-corrected chi connectivity index (χ1v) is 13.5. The second-order valence-electron chi connectivity index (χ2n) is 10.3. The van der Waals surface area contributed by atoms with Gasteiger partial charge in [0, 0.05) is 44.0 Å². The molecule has 2 aliphatic heterocycles. The molecule has 1 saturated heterocycles. The molecule has 2 amide bonds. The third-order valence-electron chi connectivity index (χ3n) is 7.20. The zero-order chi connectivity index (χ0) is 28.0. The van der Waals surface area contributed by atoms with Crippen LogP contribution >= 0.6 is 0 Å². The summed E-state index contributed by atoms with van der Waals surface area (Å²) in [6.45, 7) is 6.76. The van der Waals surface area contributed by atoms with Gasteiger partial charge in [0.05, 0.1) is 23.7 Å². The molecule has 2 aliphatic rings. The van der Waals surface area contributed by atoms with Crippen LogP contribution in [-0.2, 0) is 26.9 Å². The minimum atomic E-state index is -4.75. The maximum Gasteiger partial charge on any atom is 0.417 e. The van der Waals surface area contributed by atoms with Crippen molar-refractivity contribution < 1.29 is 32.2 Å². The number of rotatable bonds is 11. The monoisotopic (exact) mass is 542 g/mol. The van der Waals surface area contributed by atoms with Crippen LogP contribution in [0.5, 0.6) is 0 Å². The standard InChI is InChI=1S/C27H41F3N4O4/c1-5-20(15-32-4)34(17(2)3)26(36)21-14-23-18(13-22(21)27(28,29)30)12-19(25(35)33(23)10-9-31)16-38-24-8-6-7-11-37-24/h13-14,17,19-20,24,32H,5-12,15-16,31H2,1-4H3. The summed E-state index contributed by atoms with van der Waals surface area (Å²) < 4.78 is 54.5. The number of anilines is 1. The van der Waals surface area contributed by atoms with Gasteiger partial charge in [0.15, 0.2) is 6.29 Å². The second kappa shape index (κ2) is 13.2. The number of nitrogens with two attached hydrogens (primary N) is 1.